The summed E-state index contributed by atoms with van der Waals surface area (Å²) in [5.74, 6) is 0. The summed E-state index contributed by atoms with van der Waals surface area (Å²) in [4.78, 5) is 0. The molecule has 11 heavy (non-hydrogen) atoms. The van der Waals surface area contributed by atoms with E-state index in [2.05, 4.69) is 41.9 Å². The summed E-state index contributed by atoms with van der Waals surface area (Å²) in [6.07, 6.45) is 0. The standard InChI is InChI=1S/C9H12BrN/c1-6-3-7(2)8(5-11)9(10)4-6/h3-4H,5,11H2,1-2H3. The van der Waals surface area contributed by atoms with Gasteiger partial charge in [-0.05, 0) is 36.6 Å². The molecule has 0 fully saturated rings. The number of halogens is 1. The molecular formula is C9H12BrN. The van der Waals surface area contributed by atoms with Crippen molar-refractivity contribution in [1.82, 2.24) is 0 Å². The largest absolute Gasteiger partial charge is 0.326 e. The van der Waals surface area contributed by atoms with Crippen LogP contribution in [0.1, 0.15) is 16.7 Å². The predicted molar refractivity (Wildman–Crippen MR) is 51.5 cm³/mol. The molecular weight excluding hydrogens is 202 g/mol. The minimum atomic E-state index is 0.604. The van der Waals surface area contributed by atoms with Crippen molar-refractivity contribution in [2.45, 2.75) is 20.4 Å². The molecule has 0 unspecified atom stereocenters. The Bertz CT molecular complexity index is 245. The van der Waals surface area contributed by atoms with Crippen LogP contribution in [-0.2, 0) is 6.54 Å². The Morgan fingerprint density at radius 1 is 1.36 bits per heavy atom. The summed E-state index contributed by atoms with van der Waals surface area (Å²) in [6, 6.07) is 4.24. The van der Waals surface area contributed by atoms with Crippen molar-refractivity contribution in [3.8, 4) is 0 Å². The van der Waals surface area contributed by atoms with Gasteiger partial charge in [-0.25, -0.2) is 0 Å². The van der Waals surface area contributed by atoms with Gasteiger partial charge in [0.2, 0.25) is 0 Å². The van der Waals surface area contributed by atoms with Crippen molar-refractivity contribution >= 4 is 15.9 Å². The fourth-order valence-electron chi connectivity index (χ4n) is 1.20. The van der Waals surface area contributed by atoms with Crippen molar-refractivity contribution in [1.29, 1.82) is 0 Å². The molecule has 2 heteroatoms. The Hall–Kier alpha value is -0.340. The lowest BCUT2D eigenvalue weighted by atomic mass is 10.1. The van der Waals surface area contributed by atoms with Crippen LogP contribution in [0, 0.1) is 13.8 Å². The van der Waals surface area contributed by atoms with Gasteiger partial charge >= 0.3 is 0 Å². The molecule has 0 aliphatic rings. The minimum Gasteiger partial charge on any atom is -0.326 e. The van der Waals surface area contributed by atoms with Crippen LogP contribution in [0.15, 0.2) is 16.6 Å². The van der Waals surface area contributed by atoms with Gasteiger partial charge in [0.05, 0.1) is 0 Å². The summed E-state index contributed by atoms with van der Waals surface area (Å²) in [5.41, 5.74) is 9.31. The molecule has 0 bridgehead atoms. The molecule has 0 atom stereocenters. The highest BCUT2D eigenvalue weighted by atomic mass is 79.9. The predicted octanol–water partition coefficient (Wildman–Crippen LogP) is 2.52. The zero-order valence-corrected chi connectivity index (χ0v) is 8.40. The van der Waals surface area contributed by atoms with Crippen LogP contribution in [0.4, 0.5) is 0 Å². The van der Waals surface area contributed by atoms with Crippen LogP contribution < -0.4 is 5.73 Å². The maximum Gasteiger partial charge on any atom is 0.0225 e. The van der Waals surface area contributed by atoms with Gasteiger partial charge in [-0.15, -0.1) is 0 Å². The van der Waals surface area contributed by atoms with Gasteiger partial charge in [-0.1, -0.05) is 22.0 Å². The first-order chi connectivity index (χ1) is 5.15. The van der Waals surface area contributed by atoms with E-state index in [1.54, 1.807) is 0 Å². The minimum absolute atomic E-state index is 0.604. The normalized spacial score (nSPS) is 10.2. The third-order valence-electron chi connectivity index (χ3n) is 1.77. The molecule has 2 N–H and O–H groups in total. The topological polar surface area (TPSA) is 26.0 Å². The van der Waals surface area contributed by atoms with Crippen LogP contribution in [-0.4, -0.2) is 0 Å². The second-order valence-corrected chi connectivity index (χ2v) is 3.60. The Morgan fingerprint density at radius 2 is 2.00 bits per heavy atom. The third kappa shape index (κ3) is 1.82. The monoisotopic (exact) mass is 213 g/mol. The summed E-state index contributed by atoms with van der Waals surface area (Å²) >= 11 is 3.48. The molecule has 1 aromatic carbocycles. The lowest BCUT2D eigenvalue weighted by Gasteiger charge is -2.06. The van der Waals surface area contributed by atoms with E-state index < -0.39 is 0 Å². The fraction of sp³-hybridized carbons (Fsp3) is 0.333. The molecule has 60 valence electrons. The molecule has 0 heterocycles. The zero-order valence-electron chi connectivity index (χ0n) is 6.82. The second kappa shape index (κ2) is 3.37. The average Bonchev–Trinajstić information content (AvgIpc) is 1.85. The van der Waals surface area contributed by atoms with E-state index in [4.69, 9.17) is 5.73 Å². The average molecular weight is 214 g/mol. The Kier molecular flexibility index (Phi) is 2.68. The number of rotatable bonds is 1. The molecule has 0 aliphatic carbocycles. The lowest BCUT2D eigenvalue weighted by molar-refractivity contribution is 1.03. The van der Waals surface area contributed by atoms with Gasteiger partial charge in [0, 0.05) is 11.0 Å². The molecule has 0 aromatic heterocycles. The van der Waals surface area contributed by atoms with E-state index in [0.717, 1.165) is 4.47 Å². The highest BCUT2D eigenvalue weighted by molar-refractivity contribution is 9.10. The molecule has 1 nitrogen and oxygen atoms in total. The first-order valence-electron chi connectivity index (χ1n) is 3.61. The molecule has 0 aliphatic heterocycles. The first-order valence-corrected chi connectivity index (χ1v) is 4.40. The second-order valence-electron chi connectivity index (χ2n) is 2.75. The van der Waals surface area contributed by atoms with Crippen molar-refractivity contribution < 1.29 is 0 Å². The molecule has 0 saturated carbocycles. The van der Waals surface area contributed by atoms with Crippen molar-refractivity contribution in [3.63, 3.8) is 0 Å². The number of nitrogens with two attached hydrogens (primary N) is 1. The van der Waals surface area contributed by atoms with Crippen molar-refractivity contribution in [2.24, 2.45) is 5.73 Å². The van der Waals surface area contributed by atoms with E-state index in [1.165, 1.54) is 16.7 Å². The van der Waals surface area contributed by atoms with Gasteiger partial charge in [-0.3, -0.25) is 0 Å². The molecule has 0 saturated heterocycles. The lowest BCUT2D eigenvalue weighted by Crippen LogP contribution is -2.00. The van der Waals surface area contributed by atoms with Gasteiger partial charge < -0.3 is 5.73 Å². The maximum absolute atomic E-state index is 5.57. The van der Waals surface area contributed by atoms with Gasteiger partial charge in [-0.2, -0.15) is 0 Å². The van der Waals surface area contributed by atoms with Gasteiger partial charge in [0.1, 0.15) is 0 Å². The van der Waals surface area contributed by atoms with Crippen LogP contribution >= 0.6 is 15.9 Å². The van der Waals surface area contributed by atoms with Gasteiger partial charge in [0.15, 0.2) is 0 Å². The maximum atomic E-state index is 5.57. The SMILES string of the molecule is Cc1cc(C)c(CN)c(Br)c1. The van der Waals surface area contributed by atoms with Crippen LogP contribution in [0.5, 0.6) is 0 Å². The van der Waals surface area contributed by atoms with E-state index in [0.29, 0.717) is 6.54 Å². The smallest absolute Gasteiger partial charge is 0.0225 e. The first kappa shape index (κ1) is 8.75. The highest BCUT2D eigenvalue weighted by Crippen LogP contribution is 2.21. The number of hydrogen-bond acceptors (Lipinski definition) is 1. The fourth-order valence-corrected chi connectivity index (χ4v) is 2.04. The van der Waals surface area contributed by atoms with Crippen molar-refractivity contribution in [2.75, 3.05) is 0 Å². The quantitative estimate of drug-likeness (QED) is 0.763. The van der Waals surface area contributed by atoms with E-state index in [1.807, 2.05) is 0 Å². The number of aryl methyl sites for hydroxylation is 2. The molecule has 1 rings (SSSR count). The number of benzene rings is 1. The number of hydrogen-bond donors (Lipinski definition) is 1. The summed E-state index contributed by atoms with van der Waals surface area (Å²) < 4.78 is 1.12. The van der Waals surface area contributed by atoms with Crippen LogP contribution in [0.3, 0.4) is 0 Å². The summed E-state index contributed by atoms with van der Waals surface area (Å²) in [7, 11) is 0. The Balaban J connectivity index is 3.25. The van der Waals surface area contributed by atoms with Crippen LogP contribution in [0.2, 0.25) is 0 Å². The van der Waals surface area contributed by atoms with E-state index in [9.17, 15) is 0 Å². The molecule has 0 spiro atoms. The van der Waals surface area contributed by atoms with E-state index in [-0.39, 0.29) is 0 Å². The summed E-state index contributed by atoms with van der Waals surface area (Å²) in [6.45, 7) is 4.77. The molecule has 0 radical (unpaired) electrons. The van der Waals surface area contributed by atoms with Crippen LogP contribution in [0.25, 0.3) is 0 Å². The third-order valence-corrected chi connectivity index (χ3v) is 2.47. The molecule has 1 aromatic rings. The Labute approximate surface area is 75.7 Å². The highest BCUT2D eigenvalue weighted by Gasteiger charge is 2.01. The molecule has 0 amide bonds. The summed E-state index contributed by atoms with van der Waals surface area (Å²) in [5, 5.41) is 0. The zero-order chi connectivity index (χ0) is 8.43. The van der Waals surface area contributed by atoms with Gasteiger partial charge in [0.25, 0.3) is 0 Å². The van der Waals surface area contributed by atoms with E-state index >= 15 is 0 Å². The van der Waals surface area contributed by atoms with Crippen molar-refractivity contribution in [3.05, 3.63) is 33.3 Å². The Morgan fingerprint density at radius 3 is 2.45 bits per heavy atom.